The Labute approximate surface area is 309 Å². The van der Waals surface area contributed by atoms with Crippen LogP contribution in [0.1, 0.15) is 6.42 Å². The highest BCUT2D eigenvalue weighted by molar-refractivity contribution is 7.90. The molecule has 0 spiro atoms. The van der Waals surface area contributed by atoms with Gasteiger partial charge in [-0.25, -0.2) is 26.9 Å². The molecule has 0 saturated carbocycles. The first kappa shape index (κ1) is 39.8. The fourth-order valence-corrected chi connectivity index (χ4v) is 9.18. The number of anilines is 2. The van der Waals surface area contributed by atoms with Crippen LogP contribution in [0, 0.1) is 0 Å². The summed E-state index contributed by atoms with van der Waals surface area (Å²) in [6.45, 7) is 4.96. The fourth-order valence-electron chi connectivity index (χ4n) is 6.49. The van der Waals surface area contributed by atoms with Crippen LogP contribution in [0.3, 0.4) is 0 Å². The van der Waals surface area contributed by atoms with E-state index in [-0.39, 0.29) is 23.0 Å². The summed E-state index contributed by atoms with van der Waals surface area (Å²) in [5.74, 6) is 0. The molecule has 5 rings (SSSR count). The molecule has 4 aromatic rings. The van der Waals surface area contributed by atoms with Gasteiger partial charge >= 0.3 is 0 Å². The van der Waals surface area contributed by atoms with Crippen LogP contribution >= 0.6 is 0 Å². The number of benzene rings is 4. The number of nitrogens with one attached hydrogen (secondary N) is 2. The molecule has 0 unspecified atom stereocenters. The Kier molecular flexibility index (Phi) is 13.5. The lowest BCUT2D eigenvalue weighted by Crippen LogP contribution is -2.48. The van der Waals surface area contributed by atoms with Crippen molar-refractivity contribution in [2.75, 3.05) is 118 Å². The minimum absolute atomic E-state index is 0.213. The predicted molar refractivity (Wildman–Crippen MR) is 211 cm³/mol. The molecule has 0 amide bonds. The van der Waals surface area contributed by atoms with E-state index < -0.39 is 20.0 Å². The maximum Gasteiger partial charge on any atom is 0.254 e. The van der Waals surface area contributed by atoms with Crippen molar-refractivity contribution >= 4 is 53.0 Å². The second-order valence-corrected chi connectivity index (χ2v) is 17.0. The Hall–Kier alpha value is -3.38. The van der Waals surface area contributed by atoms with Gasteiger partial charge in [0.15, 0.2) is 0 Å². The molecule has 13 nitrogen and oxygen atoms in total. The summed E-state index contributed by atoms with van der Waals surface area (Å²) < 4.78 is 61.6. The zero-order valence-corrected chi connectivity index (χ0v) is 32.9. The molecule has 0 bridgehead atoms. The van der Waals surface area contributed by atoms with Gasteiger partial charge in [-0.05, 0) is 57.9 Å². The third-order valence-corrected chi connectivity index (χ3v) is 12.2. The molecular formula is C37H54N8O5S2. The third-order valence-electron chi connectivity index (χ3n) is 9.35. The van der Waals surface area contributed by atoms with Gasteiger partial charge in [0, 0.05) is 100 Å². The first-order chi connectivity index (χ1) is 24.8. The van der Waals surface area contributed by atoms with Gasteiger partial charge < -0.3 is 24.3 Å². The Morgan fingerprint density at radius 3 is 1.31 bits per heavy atom. The molecule has 1 heterocycles. The lowest BCUT2D eigenvalue weighted by molar-refractivity contribution is 0.0663. The summed E-state index contributed by atoms with van der Waals surface area (Å²) in [5, 5.41) is 6.41. The summed E-state index contributed by atoms with van der Waals surface area (Å²) in [7, 11) is 3.95. The van der Waals surface area contributed by atoms with E-state index in [4.69, 9.17) is 4.74 Å². The van der Waals surface area contributed by atoms with Crippen LogP contribution in [-0.2, 0) is 24.8 Å². The van der Waals surface area contributed by atoms with Crippen molar-refractivity contribution in [1.82, 2.24) is 29.5 Å². The second kappa shape index (κ2) is 17.6. The maximum absolute atomic E-state index is 13.9. The van der Waals surface area contributed by atoms with Gasteiger partial charge in [0.05, 0.1) is 23.0 Å². The topological polar surface area (TPSA) is 121 Å². The van der Waals surface area contributed by atoms with Gasteiger partial charge in [-0.2, -0.15) is 0 Å². The lowest BCUT2D eigenvalue weighted by Gasteiger charge is -2.29. The molecule has 0 atom stereocenters. The van der Waals surface area contributed by atoms with Crippen molar-refractivity contribution < 1.29 is 21.6 Å². The maximum atomic E-state index is 13.9. The van der Waals surface area contributed by atoms with E-state index in [0.29, 0.717) is 50.0 Å². The number of fused-ring (bicyclic) bond motifs is 2. The van der Waals surface area contributed by atoms with Gasteiger partial charge in [0.1, 0.15) is 0 Å². The molecule has 15 heteroatoms. The zero-order chi connectivity index (χ0) is 37.5. The van der Waals surface area contributed by atoms with Crippen molar-refractivity contribution in [3.8, 4) is 0 Å². The Balaban J connectivity index is 1.31. The van der Waals surface area contributed by atoms with Crippen LogP contribution in [0.2, 0.25) is 0 Å². The van der Waals surface area contributed by atoms with Crippen LogP contribution < -0.4 is 19.5 Å². The van der Waals surface area contributed by atoms with Crippen LogP contribution in [0.25, 0.3) is 21.5 Å². The molecule has 4 aromatic carbocycles. The SMILES string of the molecule is CN1CCCN(C)CCN(NS(=O)(=O)c2cccc3c(N(C)C)cccc23)CCOCCN(NS(=O)(=O)c2cccc3c(N(C)C)cccc23)CC1. The summed E-state index contributed by atoms with van der Waals surface area (Å²) in [5.41, 5.74) is 1.87. The van der Waals surface area contributed by atoms with Crippen LogP contribution in [0.4, 0.5) is 11.4 Å². The minimum Gasteiger partial charge on any atom is -0.379 e. The monoisotopic (exact) mass is 754 g/mol. The van der Waals surface area contributed by atoms with Crippen molar-refractivity contribution in [2.24, 2.45) is 0 Å². The van der Waals surface area contributed by atoms with E-state index in [2.05, 4.69) is 19.5 Å². The lowest BCUT2D eigenvalue weighted by atomic mass is 10.1. The fraction of sp³-hybridized carbons (Fsp3) is 0.459. The Morgan fingerprint density at radius 1 is 0.519 bits per heavy atom. The quantitative estimate of drug-likeness (QED) is 0.276. The van der Waals surface area contributed by atoms with Gasteiger partial charge in [-0.3, -0.25) is 0 Å². The third kappa shape index (κ3) is 9.98. The molecule has 1 aliphatic heterocycles. The van der Waals surface area contributed by atoms with Gasteiger partial charge in [0.25, 0.3) is 20.0 Å². The average molecular weight is 755 g/mol. The van der Waals surface area contributed by atoms with Crippen molar-refractivity contribution in [1.29, 1.82) is 0 Å². The normalized spacial score (nSPS) is 17.8. The van der Waals surface area contributed by atoms with Gasteiger partial charge in [-0.15, -0.1) is 9.66 Å². The average Bonchev–Trinajstić information content (AvgIpc) is 3.10. The Morgan fingerprint density at radius 2 is 0.904 bits per heavy atom. The van der Waals surface area contributed by atoms with E-state index in [1.165, 1.54) is 0 Å². The van der Waals surface area contributed by atoms with Crippen molar-refractivity contribution in [3.05, 3.63) is 72.8 Å². The number of hydrogen-bond donors (Lipinski definition) is 2. The smallest absolute Gasteiger partial charge is 0.254 e. The molecule has 2 N–H and O–H groups in total. The first-order valence-electron chi connectivity index (χ1n) is 17.6. The molecule has 0 aliphatic carbocycles. The van der Waals surface area contributed by atoms with Gasteiger partial charge in [0.2, 0.25) is 0 Å². The highest BCUT2D eigenvalue weighted by Crippen LogP contribution is 2.31. The van der Waals surface area contributed by atoms with Crippen molar-refractivity contribution in [3.63, 3.8) is 0 Å². The molecular weight excluding hydrogens is 701 g/mol. The summed E-state index contributed by atoms with van der Waals surface area (Å²) in [6.07, 6.45) is 0.905. The summed E-state index contributed by atoms with van der Waals surface area (Å²) in [4.78, 5) is 14.4. The number of hydrazine groups is 2. The number of nitrogens with zero attached hydrogens (tertiary/aromatic N) is 6. The molecule has 1 saturated heterocycles. The highest BCUT2D eigenvalue weighted by atomic mass is 32.2. The van der Waals surface area contributed by atoms with Crippen molar-refractivity contribution in [2.45, 2.75) is 16.2 Å². The molecule has 284 valence electrons. The van der Waals surface area contributed by atoms with Crippen LogP contribution in [0.5, 0.6) is 0 Å². The summed E-state index contributed by atoms with van der Waals surface area (Å²) in [6, 6.07) is 22.0. The van der Waals surface area contributed by atoms with E-state index in [0.717, 1.165) is 41.7 Å². The number of ether oxygens (including phenoxy) is 1. The number of rotatable bonds is 8. The van der Waals surface area contributed by atoms with E-state index in [9.17, 15) is 16.8 Å². The number of likely N-dealkylation sites (N-methyl/N-ethyl adjacent to an activating group) is 2. The zero-order valence-electron chi connectivity index (χ0n) is 31.2. The molecule has 1 fully saturated rings. The van der Waals surface area contributed by atoms with E-state index in [1.54, 1.807) is 34.3 Å². The van der Waals surface area contributed by atoms with Crippen LogP contribution in [-0.4, -0.2) is 145 Å². The van der Waals surface area contributed by atoms with Gasteiger partial charge in [-0.1, -0.05) is 48.5 Å². The highest BCUT2D eigenvalue weighted by Gasteiger charge is 2.24. The van der Waals surface area contributed by atoms with E-state index in [1.807, 2.05) is 101 Å². The first-order valence-corrected chi connectivity index (χ1v) is 20.6. The summed E-state index contributed by atoms with van der Waals surface area (Å²) >= 11 is 0. The standard InChI is InChI=1S/C37H54N8O5S2/c1-40(2)34-16-7-14-32-30(34)12-9-18-36(32)51(46,47)38-44-24-22-42(5)20-11-21-43(6)23-25-45(27-29-50-28-26-44)39-52(48,49)37-19-10-13-31-33(37)15-8-17-35(31)41(3)4/h7-10,12-19,38-39H,11,20-29H2,1-6H3. The predicted octanol–water partition coefficient (Wildman–Crippen LogP) is 3.10. The number of hydrogen-bond acceptors (Lipinski definition) is 11. The Bertz CT molecular complexity index is 1880. The minimum atomic E-state index is -3.93. The molecule has 52 heavy (non-hydrogen) atoms. The van der Waals surface area contributed by atoms with Crippen LogP contribution in [0.15, 0.2) is 82.6 Å². The molecule has 0 radical (unpaired) electrons. The molecule has 1 aliphatic rings. The largest absolute Gasteiger partial charge is 0.379 e. The number of sulfonamides is 2. The molecule has 0 aromatic heterocycles. The second-order valence-electron chi connectivity index (χ2n) is 13.8. The van der Waals surface area contributed by atoms with E-state index >= 15 is 0 Å².